The van der Waals surface area contributed by atoms with Gasteiger partial charge in [0.1, 0.15) is 42.4 Å². The maximum absolute atomic E-state index is 12.2. The van der Waals surface area contributed by atoms with Crippen molar-refractivity contribution in [1.29, 1.82) is 0 Å². The predicted octanol–water partition coefficient (Wildman–Crippen LogP) is -3.79. The molecule has 0 saturated carbocycles. The van der Waals surface area contributed by atoms with E-state index in [4.69, 9.17) is 9.47 Å². The summed E-state index contributed by atoms with van der Waals surface area (Å²) in [6.45, 7) is 2.62. The molecule has 2 saturated heterocycles. The maximum atomic E-state index is 12.2. The van der Waals surface area contributed by atoms with Crippen molar-refractivity contribution in [2.24, 2.45) is 0 Å². The molecule has 0 spiro atoms. The fraction of sp³-hybridized carbons (Fsp3) is 0.688. The Balaban J connectivity index is 1.58. The second-order valence-corrected chi connectivity index (χ2v) is 11.1. The Kier molecular flexibility index (Phi) is 9.42. The molecule has 17 nitrogen and oxygen atoms in total. The molecule has 206 valence electrons. The zero-order valence-electron chi connectivity index (χ0n) is 18.1. The van der Waals surface area contributed by atoms with Crippen LogP contribution in [-0.2, 0) is 36.8 Å². The van der Waals surface area contributed by atoms with Crippen molar-refractivity contribution in [3.8, 4) is 0 Å². The first-order valence-corrected chi connectivity index (χ1v) is 13.7. The molecular formula is C16H25N2O15P2S-. The molecule has 0 aliphatic carbocycles. The molecule has 0 bridgehead atoms. The van der Waals surface area contributed by atoms with Crippen LogP contribution in [0.4, 0.5) is 0 Å². The number of ether oxygens (including phenoxy) is 2. The normalized spacial score (nSPS) is 40.6. The van der Waals surface area contributed by atoms with Gasteiger partial charge in [-0.15, -0.1) is 0 Å². The second-order valence-electron chi connectivity index (χ2n) is 7.80. The zero-order valence-corrected chi connectivity index (χ0v) is 20.8. The largest absolute Gasteiger partial charge is 0.756 e. The summed E-state index contributed by atoms with van der Waals surface area (Å²) in [5.74, 6) is -0.699. The van der Waals surface area contributed by atoms with Crippen molar-refractivity contribution >= 4 is 34.2 Å². The van der Waals surface area contributed by atoms with Crippen LogP contribution >= 0.6 is 28.3 Å². The van der Waals surface area contributed by atoms with Crippen LogP contribution in [0.25, 0.3) is 0 Å². The van der Waals surface area contributed by atoms with Crippen molar-refractivity contribution < 1.29 is 72.1 Å². The van der Waals surface area contributed by atoms with Crippen LogP contribution in [0.5, 0.6) is 0 Å². The smallest absolute Gasteiger partial charge is 0.478 e. The molecule has 7 N–H and O–H groups in total. The summed E-state index contributed by atoms with van der Waals surface area (Å²) >= 11 is 3.85. The Labute approximate surface area is 209 Å². The van der Waals surface area contributed by atoms with Gasteiger partial charge in [0.25, 0.3) is 13.7 Å². The summed E-state index contributed by atoms with van der Waals surface area (Å²) in [7, 11) is -11.2. The van der Waals surface area contributed by atoms with Crippen molar-refractivity contribution in [2.75, 3.05) is 12.4 Å². The zero-order chi connectivity index (χ0) is 27.0. The van der Waals surface area contributed by atoms with Crippen LogP contribution in [-0.4, -0.2) is 109 Å². The molecular weight excluding hydrogens is 554 g/mol. The first-order chi connectivity index (χ1) is 16.7. The number of aliphatic hydroxyl groups excluding tert-OH is 5. The molecule has 3 heterocycles. The SMILES string of the molecule is C=C1NC(=O)C=CN1[C@@H]1O[C@H](COP(=O)(O)OP(=O)([O-])O[C@H]2OC(CS)[C@@H](O)[C@H](O)C2O)C(O)[C@@H]1O. The predicted molar refractivity (Wildman–Crippen MR) is 115 cm³/mol. The molecule has 11 atom stereocenters. The number of carbonyl (C=O) groups is 1. The quantitative estimate of drug-likeness (QED) is 0.0962. The number of hydrogen-bond acceptors (Lipinski definition) is 16. The Hall–Kier alpha value is -0.920. The van der Waals surface area contributed by atoms with E-state index in [1.165, 1.54) is 11.1 Å². The fourth-order valence-corrected chi connectivity index (χ4v) is 5.86. The van der Waals surface area contributed by atoms with Gasteiger partial charge in [0.15, 0.2) is 12.5 Å². The van der Waals surface area contributed by atoms with Crippen LogP contribution in [0.15, 0.2) is 24.7 Å². The molecule has 5 unspecified atom stereocenters. The summed E-state index contributed by atoms with van der Waals surface area (Å²) < 4.78 is 47.7. The molecule has 3 aliphatic rings. The molecule has 0 aromatic heterocycles. The van der Waals surface area contributed by atoms with E-state index < -0.39 is 83.4 Å². The lowest BCUT2D eigenvalue weighted by Gasteiger charge is -2.41. The van der Waals surface area contributed by atoms with Crippen LogP contribution < -0.4 is 10.2 Å². The third-order valence-corrected chi connectivity index (χ3v) is 8.19. The first-order valence-electron chi connectivity index (χ1n) is 10.1. The lowest BCUT2D eigenvalue weighted by atomic mass is 10.0. The maximum Gasteiger partial charge on any atom is 0.478 e. The molecule has 36 heavy (non-hydrogen) atoms. The molecule has 0 aromatic carbocycles. The van der Waals surface area contributed by atoms with Crippen molar-refractivity contribution in [3.05, 3.63) is 24.7 Å². The highest BCUT2D eigenvalue weighted by molar-refractivity contribution is 7.80. The monoisotopic (exact) mass is 579 g/mol. The molecule has 3 rings (SSSR count). The molecule has 20 heteroatoms. The van der Waals surface area contributed by atoms with Gasteiger partial charge in [0, 0.05) is 18.0 Å². The number of phosphoric acid groups is 2. The summed E-state index contributed by atoms with van der Waals surface area (Å²) in [6.07, 6.45) is -12.7. The Morgan fingerprint density at radius 2 is 1.72 bits per heavy atom. The molecule has 3 aliphatic heterocycles. The van der Waals surface area contributed by atoms with Gasteiger partial charge in [-0.25, -0.2) is 8.88 Å². The third kappa shape index (κ3) is 6.74. The van der Waals surface area contributed by atoms with Gasteiger partial charge in [-0.3, -0.25) is 18.4 Å². The topological polar surface area (TPSA) is 257 Å². The third-order valence-electron chi connectivity index (χ3n) is 5.26. The van der Waals surface area contributed by atoms with E-state index >= 15 is 0 Å². The highest BCUT2D eigenvalue weighted by Crippen LogP contribution is 2.59. The minimum atomic E-state index is -5.75. The number of rotatable bonds is 9. The van der Waals surface area contributed by atoms with E-state index in [9.17, 15) is 49.2 Å². The van der Waals surface area contributed by atoms with Gasteiger partial charge in [-0.1, -0.05) is 6.58 Å². The van der Waals surface area contributed by atoms with Gasteiger partial charge in [0.2, 0.25) is 0 Å². The van der Waals surface area contributed by atoms with E-state index in [1.807, 2.05) is 0 Å². The second kappa shape index (κ2) is 11.4. The van der Waals surface area contributed by atoms with E-state index in [0.29, 0.717) is 0 Å². The molecule has 2 fully saturated rings. The summed E-state index contributed by atoms with van der Waals surface area (Å²) in [5.41, 5.74) is 0. The van der Waals surface area contributed by atoms with Gasteiger partial charge >= 0.3 is 7.82 Å². The number of carbonyl (C=O) groups excluding carboxylic acids is 1. The summed E-state index contributed by atoms with van der Waals surface area (Å²) in [6, 6.07) is 0. The Morgan fingerprint density at radius 3 is 2.33 bits per heavy atom. The van der Waals surface area contributed by atoms with Crippen LogP contribution in [0.3, 0.4) is 0 Å². The Morgan fingerprint density at radius 1 is 1.08 bits per heavy atom. The van der Waals surface area contributed by atoms with Crippen LogP contribution in [0.2, 0.25) is 0 Å². The molecule has 0 aromatic rings. The lowest BCUT2D eigenvalue weighted by Crippen LogP contribution is -2.58. The Bertz CT molecular complexity index is 968. The highest BCUT2D eigenvalue weighted by Gasteiger charge is 2.48. The lowest BCUT2D eigenvalue weighted by molar-refractivity contribution is -0.295. The standard InChI is InChI=1S/C16H26N2O15P2S/c1-6-17-9(19)2-3-18(6)15-13(23)10(20)7(30-15)4-29-34(25,26)33-35(27,28)32-16-14(24)12(22)11(21)8(5-36)31-16/h2-3,7-8,10-16,20-24,36H,1,4-5H2,(H,17,19)(H,25,26)(H,27,28)/p-1/t7-,8?,10?,11-,12+,13+,14?,15-,16-/m1/s1. The minimum Gasteiger partial charge on any atom is -0.756 e. The summed E-state index contributed by atoms with van der Waals surface area (Å²) in [4.78, 5) is 34.4. The van der Waals surface area contributed by atoms with E-state index in [1.54, 1.807) is 0 Å². The molecule has 1 amide bonds. The molecule has 0 radical (unpaired) electrons. The summed E-state index contributed by atoms with van der Waals surface area (Å²) in [5, 5.41) is 52.2. The van der Waals surface area contributed by atoms with E-state index in [0.717, 1.165) is 6.08 Å². The number of aliphatic hydroxyl groups is 5. The number of nitrogens with zero attached hydrogens (tertiary/aromatic N) is 1. The number of hydrogen-bond donors (Lipinski definition) is 8. The van der Waals surface area contributed by atoms with E-state index in [-0.39, 0.29) is 11.6 Å². The number of amides is 1. The number of thiol groups is 1. The number of nitrogens with one attached hydrogen (secondary N) is 1. The van der Waals surface area contributed by atoms with Crippen LogP contribution in [0.1, 0.15) is 0 Å². The highest BCUT2D eigenvalue weighted by atomic mass is 32.1. The van der Waals surface area contributed by atoms with Crippen LogP contribution in [0, 0.1) is 0 Å². The minimum absolute atomic E-state index is 0.00540. The van der Waals surface area contributed by atoms with E-state index in [2.05, 4.69) is 37.9 Å². The van der Waals surface area contributed by atoms with Gasteiger partial charge in [-0.2, -0.15) is 12.6 Å². The first kappa shape index (κ1) is 29.6. The van der Waals surface area contributed by atoms with Crippen molar-refractivity contribution in [1.82, 2.24) is 10.2 Å². The van der Waals surface area contributed by atoms with Gasteiger partial charge in [-0.05, 0) is 0 Å². The van der Waals surface area contributed by atoms with Gasteiger partial charge in [0.05, 0.1) is 12.7 Å². The number of phosphoric ester groups is 2. The van der Waals surface area contributed by atoms with Crippen molar-refractivity contribution in [2.45, 2.75) is 55.2 Å². The average Bonchev–Trinajstić information content (AvgIpc) is 3.06. The average molecular weight is 579 g/mol. The fourth-order valence-electron chi connectivity index (χ4n) is 3.44. The van der Waals surface area contributed by atoms with Gasteiger partial charge < -0.3 is 55.0 Å². The van der Waals surface area contributed by atoms with Crippen molar-refractivity contribution in [3.63, 3.8) is 0 Å².